The lowest BCUT2D eigenvalue weighted by Gasteiger charge is -2.40. The Kier molecular flexibility index (Phi) is 3.42. The molecule has 1 aliphatic carbocycles. The van der Waals surface area contributed by atoms with Gasteiger partial charge in [0, 0.05) is 29.4 Å². The van der Waals surface area contributed by atoms with Crippen LogP contribution < -0.4 is 0 Å². The maximum absolute atomic E-state index is 12.8. The van der Waals surface area contributed by atoms with Crippen molar-refractivity contribution in [2.24, 2.45) is 11.8 Å². The fourth-order valence-corrected chi connectivity index (χ4v) is 3.67. The molecule has 0 radical (unpaired) electrons. The number of piperidine rings is 1. The van der Waals surface area contributed by atoms with Crippen LogP contribution in [0.2, 0.25) is 0 Å². The Balaban J connectivity index is 1.89. The lowest BCUT2D eigenvalue weighted by Crippen LogP contribution is -2.56. The van der Waals surface area contributed by atoms with E-state index in [1.54, 1.807) is 0 Å². The zero-order valence-corrected chi connectivity index (χ0v) is 13.3. The van der Waals surface area contributed by atoms with Crippen LogP contribution in [0.3, 0.4) is 0 Å². The SMILES string of the molecule is CC(C)(C)N1C(=O)CCC(C2Cc3ccccc3C2=O)C1=O. The number of nitrogens with zero attached hydrogens (tertiary/aromatic N) is 1. The molecule has 1 saturated heterocycles. The van der Waals surface area contributed by atoms with Crippen molar-refractivity contribution in [3.63, 3.8) is 0 Å². The highest BCUT2D eigenvalue weighted by atomic mass is 16.2. The van der Waals surface area contributed by atoms with Gasteiger partial charge in [-0.2, -0.15) is 0 Å². The largest absolute Gasteiger partial charge is 0.294 e. The number of carbonyl (C=O) groups excluding carboxylic acids is 3. The van der Waals surface area contributed by atoms with Crippen LogP contribution in [-0.2, 0) is 16.0 Å². The van der Waals surface area contributed by atoms with E-state index in [-0.39, 0.29) is 29.4 Å². The molecule has 1 aromatic rings. The first kappa shape index (κ1) is 14.9. The summed E-state index contributed by atoms with van der Waals surface area (Å²) in [6.07, 6.45) is 1.43. The summed E-state index contributed by atoms with van der Waals surface area (Å²) in [7, 11) is 0. The lowest BCUT2D eigenvalue weighted by atomic mass is 9.80. The first-order valence-corrected chi connectivity index (χ1v) is 7.79. The van der Waals surface area contributed by atoms with Gasteiger partial charge in [0.25, 0.3) is 0 Å². The molecule has 2 unspecified atom stereocenters. The van der Waals surface area contributed by atoms with Crippen LogP contribution in [0.1, 0.15) is 49.5 Å². The number of hydrogen-bond acceptors (Lipinski definition) is 3. The molecule has 1 aromatic carbocycles. The van der Waals surface area contributed by atoms with Crippen LogP contribution in [0.15, 0.2) is 24.3 Å². The number of hydrogen-bond donors (Lipinski definition) is 0. The number of amides is 2. The van der Waals surface area contributed by atoms with Crippen molar-refractivity contribution in [3.05, 3.63) is 35.4 Å². The molecule has 2 atom stereocenters. The van der Waals surface area contributed by atoms with Gasteiger partial charge in [0.05, 0.1) is 0 Å². The normalized spacial score (nSPS) is 25.6. The molecule has 1 aliphatic heterocycles. The Labute approximate surface area is 130 Å². The quantitative estimate of drug-likeness (QED) is 0.749. The first-order valence-electron chi connectivity index (χ1n) is 7.79. The minimum absolute atomic E-state index is 0.0529. The van der Waals surface area contributed by atoms with Crippen molar-refractivity contribution in [1.82, 2.24) is 4.90 Å². The Morgan fingerprint density at radius 3 is 2.36 bits per heavy atom. The highest BCUT2D eigenvalue weighted by molar-refractivity contribution is 6.07. The smallest absolute Gasteiger partial charge is 0.233 e. The molecule has 22 heavy (non-hydrogen) atoms. The van der Waals surface area contributed by atoms with E-state index in [2.05, 4.69) is 0 Å². The van der Waals surface area contributed by atoms with Crippen molar-refractivity contribution < 1.29 is 14.4 Å². The van der Waals surface area contributed by atoms with Gasteiger partial charge in [-0.1, -0.05) is 24.3 Å². The Morgan fingerprint density at radius 2 is 1.73 bits per heavy atom. The van der Waals surface area contributed by atoms with Gasteiger partial charge in [-0.3, -0.25) is 19.3 Å². The molecule has 1 heterocycles. The molecule has 0 N–H and O–H groups in total. The summed E-state index contributed by atoms with van der Waals surface area (Å²) in [5, 5.41) is 0. The summed E-state index contributed by atoms with van der Waals surface area (Å²) >= 11 is 0. The van der Waals surface area contributed by atoms with Crippen molar-refractivity contribution in [1.29, 1.82) is 0 Å². The van der Waals surface area contributed by atoms with E-state index in [1.165, 1.54) is 4.90 Å². The van der Waals surface area contributed by atoms with Crippen LogP contribution in [0, 0.1) is 11.8 Å². The maximum atomic E-state index is 12.8. The zero-order valence-electron chi connectivity index (χ0n) is 13.3. The summed E-state index contributed by atoms with van der Waals surface area (Å²) in [6, 6.07) is 7.56. The Hall–Kier alpha value is -1.97. The molecule has 0 bridgehead atoms. The minimum Gasteiger partial charge on any atom is -0.294 e. The van der Waals surface area contributed by atoms with E-state index in [0.29, 0.717) is 19.3 Å². The van der Waals surface area contributed by atoms with Gasteiger partial charge in [-0.25, -0.2) is 0 Å². The van der Waals surface area contributed by atoms with E-state index in [9.17, 15) is 14.4 Å². The van der Waals surface area contributed by atoms with Gasteiger partial charge < -0.3 is 0 Å². The molecule has 1 fully saturated rings. The van der Waals surface area contributed by atoms with E-state index in [1.807, 2.05) is 45.0 Å². The van der Waals surface area contributed by atoms with Gasteiger partial charge in [0.2, 0.25) is 11.8 Å². The molecule has 4 heteroatoms. The first-order chi connectivity index (χ1) is 10.3. The number of imide groups is 1. The van der Waals surface area contributed by atoms with E-state index in [4.69, 9.17) is 0 Å². The second kappa shape index (κ2) is 5.04. The third kappa shape index (κ3) is 2.27. The van der Waals surface area contributed by atoms with Crippen molar-refractivity contribution in [3.8, 4) is 0 Å². The topological polar surface area (TPSA) is 54.5 Å². The van der Waals surface area contributed by atoms with Crippen LogP contribution in [0.5, 0.6) is 0 Å². The highest BCUT2D eigenvalue weighted by Gasteiger charge is 2.47. The van der Waals surface area contributed by atoms with Gasteiger partial charge in [-0.15, -0.1) is 0 Å². The van der Waals surface area contributed by atoms with Gasteiger partial charge in [-0.05, 0) is 39.2 Å². The molecule has 0 saturated carbocycles. The fraction of sp³-hybridized carbons (Fsp3) is 0.500. The standard InChI is InChI=1S/C18H21NO3/c1-18(2,3)19-15(20)9-8-13(17(19)22)14-10-11-6-4-5-7-12(11)16(14)21/h4-7,13-14H,8-10H2,1-3H3. The molecule has 0 spiro atoms. The second-order valence-electron chi connectivity index (χ2n) is 7.22. The van der Waals surface area contributed by atoms with Gasteiger partial charge in [0.15, 0.2) is 5.78 Å². The third-order valence-corrected chi connectivity index (χ3v) is 4.67. The fourth-order valence-electron chi connectivity index (χ4n) is 3.67. The van der Waals surface area contributed by atoms with Gasteiger partial charge in [0.1, 0.15) is 0 Å². The number of rotatable bonds is 1. The Morgan fingerprint density at radius 1 is 1.05 bits per heavy atom. The van der Waals surface area contributed by atoms with Crippen LogP contribution in [-0.4, -0.2) is 28.0 Å². The van der Waals surface area contributed by atoms with Gasteiger partial charge >= 0.3 is 0 Å². The summed E-state index contributed by atoms with van der Waals surface area (Å²) in [5.74, 6) is -0.955. The van der Waals surface area contributed by atoms with E-state index in [0.717, 1.165) is 11.1 Å². The summed E-state index contributed by atoms with van der Waals surface area (Å²) in [6.45, 7) is 5.57. The predicted molar refractivity (Wildman–Crippen MR) is 82.3 cm³/mol. The molecule has 2 aliphatic rings. The highest BCUT2D eigenvalue weighted by Crippen LogP contribution is 2.38. The summed E-state index contributed by atoms with van der Waals surface area (Å²) in [4.78, 5) is 38.9. The van der Waals surface area contributed by atoms with Crippen molar-refractivity contribution in [2.75, 3.05) is 0 Å². The van der Waals surface area contributed by atoms with Crippen LogP contribution in [0.25, 0.3) is 0 Å². The lowest BCUT2D eigenvalue weighted by molar-refractivity contribution is -0.158. The molecule has 4 nitrogen and oxygen atoms in total. The molecule has 2 amide bonds. The average Bonchev–Trinajstić information content (AvgIpc) is 2.75. The van der Waals surface area contributed by atoms with Crippen molar-refractivity contribution in [2.45, 2.75) is 45.6 Å². The van der Waals surface area contributed by atoms with E-state index < -0.39 is 5.54 Å². The minimum atomic E-state index is -0.540. The molecular weight excluding hydrogens is 278 g/mol. The third-order valence-electron chi connectivity index (χ3n) is 4.67. The number of benzene rings is 1. The molecule has 0 aromatic heterocycles. The second-order valence-corrected chi connectivity index (χ2v) is 7.22. The number of fused-ring (bicyclic) bond motifs is 1. The zero-order chi connectivity index (χ0) is 16.1. The number of Topliss-reactive ketones (excluding diaryl/α,β-unsaturated/α-hetero) is 1. The predicted octanol–water partition coefficient (Wildman–Crippen LogP) is 2.61. The molecule has 116 valence electrons. The van der Waals surface area contributed by atoms with Crippen LogP contribution in [0.4, 0.5) is 0 Å². The average molecular weight is 299 g/mol. The summed E-state index contributed by atoms with van der Waals surface area (Å²) < 4.78 is 0. The Bertz CT molecular complexity index is 657. The maximum Gasteiger partial charge on any atom is 0.233 e. The number of likely N-dealkylation sites (tertiary alicyclic amines) is 1. The van der Waals surface area contributed by atoms with E-state index >= 15 is 0 Å². The van der Waals surface area contributed by atoms with Crippen molar-refractivity contribution >= 4 is 17.6 Å². The number of carbonyl (C=O) groups is 3. The summed E-state index contributed by atoms with van der Waals surface area (Å²) in [5.41, 5.74) is 1.21. The molecule has 3 rings (SSSR count). The number of ketones is 1. The molecular formula is C18H21NO3. The monoisotopic (exact) mass is 299 g/mol. The van der Waals surface area contributed by atoms with Crippen LogP contribution >= 0.6 is 0 Å².